The Morgan fingerprint density at radius 3 is 2.50 bits per heavy atom. The van der Waals surface area contributed by atoms with Crippen LogP contribution in [0.1, 0.15) is 41.8 Å². The monoisotopic (exact) mass is 348 g/mol. The lowest BCUT2D eigenvalue weighted by molar-refractivity contribution is 0.0714. The summed E-state index contributed by atoms with van der Waals surface area (Å²) in [6.07, 6.45) is 0. The molecule has 3 heterocycles. The van der Waals surface area contributed by atoms with Crippen LogP contribution in [0.2, 0.25) is 5.22 Å². The second-order valence-electron chi connectivity index (χ2n) is 6.26. The summed E-state index contributed by atoms with van der Waals surface area (Å²) in [4.78, 5) is 25.5. The first kappa shape index (κ1) is 16.8. The number of halogens is 1. The first-order valence-electron chi connectivity index (χ1n) is 8.09. The number of furan rings is 1. The molecular formula is C17H21ClN4O2. The fourth-order valence-corrected chi connectivity index (χ4v) is 2.86. The van der Waals surface area contributed by atoms with Crippen molar-refractivity contribution in [3.63, 3.8) is 0 Å². The minimum absolute atomic E-state index is 0.122. The molecule has 1 amide bonds. The van der Waals surface area contributed by atoms with E-state index in [1.165, 1.54) is 0 Å². The van der Waals surface area contributed by atoms with E-state index in [1.807, 2.05) is 13.0 Å². The van der Waals surface area contributed by atoms with Gasteiger partial charge in [0.2, 0.25) is 0 Å². The van der Waals surface area contributed by atoms with E-state index >= 15 is 0 Å². The first-order chi connectivity index (χ1) is 11.4. The van der Waals surface area contributed by atoms with Gasteiger partial charge in [-0.2, -0.15) is 0 Å². The van der Waals surface area contributed by atoms with Crippen LogP contribution in [0.4, 0.5) is 5.82 Å². The van der Waals surface area contributed by atoms with Crippen molar-refractivity contribution in [2.45, 2.75) is 26.7 Å². The molecule has 0 atom stereocenters. The van der Waals surface area contributed by atoms with E-state index in [4.69, 9.17) is 16.0 Å². The molecule has 0 saturated carbocycles. The standard InChI is InChI=1S/C17H21ClN4O2/c1-11(2)16-19-12(3)10-15(20-16)21-6-8-22(9-7-21)17(23)13-4-5-14(18)24-13/h4-5,10-11H,6-9H2,1-3H3. The maximum absolute atomic E-state index is 12.4. The third-order valence-corrected chi connectivity index (χ3v) is 4.25. The summed E-state index contributed by atoms with van der Waals surface area (Å²) in [7, 11) is 0. The van der Waals surface area contributed by atoms with Crippen LogP contribution in [0.5, 0.6) is 0 Å². The number of carbonyl (C=O) groups is 1. The van der Waals surface area contributed by atoms with E-state index in [0.29, 0.717) is 13.1 Å². The Morgan fingerprint density at radius 2 is 1.92 bits per heavy atom. The number of aryl methyl sites for hydroxylation is 1. The van der Waals surface area contributed by atoms with Crippen molar-refractivity contribution in [2.75, 3.05) is 31.1 Å². The predicted octanol–water partition coefficient (Wildman–Crippen LogP) is 3.12. The zero-order chi connectivity index (χ0) is 17.3. The Bertz CT molecular complexity index is 736. The highest BCUT2D eigenvalue weighted by Crippen LogP contribution is 2.20. The highest BCUT2D eigenvalue weighted by molar-refractivity contribution is 6.29. The van der Waals surface area contributed by atoms with Crippen molar-refractivity contribution in [1.29, 1.82) is 0 Å². The molecule has 1 aliphatic heterocycles. The van der Waals surface area contributed by atoms with Crippen LogP contribution in [0, 0.1) is 6.92 Å². The molecule has 1 saturated heterocycles. The molecule has 7 heteroatoms. The summed E-state index contributed by atoms with van der Waals surface area (Å²) in [6.45, 7) is 8.86. The van der Waals surface area contributed by atoms with Gasteiger partial charge in [0, 0.05) is 43.9 Å². The lowest BCUT2D eigenvalue weighted by Gasteiger charge is -2.35. The molecule has 24 heavy (non-hydrogen) atoms. The Morgan fingerprint density at radius 1 is 1.21 bits per heavy atom. The maximum atomic E-state index is 12.4. The van der Waals surface area contributed by atoms with Crippen molar-refractivity contribution in [3.8, 4) is 0 Å². The van der Waals surface area contributed by atoms with Gasteiger partial charge in [-0.1, -0.05) is 13.8 Å². The molecule has 0 aliphatic carbocycles. The van der Waals surface area contributed by atoms with Gasteiger partial charge in [-0.3, -0.25) is 4.79 Å². The number of carbonyl (C=O) groups excluding carboxylic acids is 1. The fourth-order valence-electron chi connectivity index (χ4n) is 2.72. The highest BCUT2D eigenvalue weighted by atomic mass is 35.5. The highest BCUT2D eigenvalue weighted by Gasteiger charge is 2.25. The summed E-state index contributed by atoms with van der Waals surface area (Å²) in [6, 6.07) is 5.19. The minimum Gasteiger partial charge on any atom is -0.440 e. The molecule has 128 valence electrons. The van der Waals surface area contributed by atoms with E-state index in [9.17, 15) is 4.79 Å². The number of rotatable bonds is 3. The van der Waals surface area contributed by atoms with Crippen LogP contribution in [0.25, 0.3) is 0 Å². The molecule has 0 spiro atoms. The third-order valence-electron chi connectivity index (χ3n) is 4.05. The number of piperazine rings is 1. The maximum Gasteiger partial charge on any atom is 0.289 e. The van der Waals surface area contributed by atoms with Crippen molar-refractivity contribution in [2.24, 2.45) is 0 Å². The van der Waals surface area contributed by atoms with Gasteiger partial charge in [-0.05, 0) is 30.7 Å². The topological polar surface area (TPSA) is 62.5 Å². The summed E-state index contributed by atoms with van der Waals surface area (Å²) < 4.78 is 5.21. The minimum atomic E-state index is -0.122. The molecule has 0 bridgehead atoms. The van der Waals surface area contributed by atoms with Gasteiger partial charge < -0.3 is 14.2 Å². The van der Waals surface area contributed by atoms with E-state index in [0.717, 1.165) is 30.4 Å². The number of hydrogen-bond acceptors (Lipinski definition) is 5. The van der Waals surface area contributed by atoms with Gasteiger partial charge in [0.25, 0.3) is 5.91 Å². The summed E-state index contributed by atoms with van der Waals surface area (Å²) in [5.74, 6) is 2.24. The molecule has 3 rings (SSSR count). The third kappa shape index (κ3) is 3.53. The van der Waals surface area contributed by atoms with Gasteiger partial charge in [-0.25, -0.2) is 9.97 Å². The van der Waals surface area contributed by atoms with Crippen LogP contribution >= 0.6 is 11.6 Å². The first-order valence-corrected chi connectivity index (χ1v) is 8.47. The Labute approximate surface area is 146 Å². The molecule has 6 nitrogen and oxygen atoms in total. The van der Waals surface area contributed by atoms with E-state index < -0.39 is 0 Å². The van der Waals surface area contributed by atoms with Gasteiger partial charge in [0.05, 0.1) is 0 Å². The van der Waals surface area contributed by atoms with Crippen molar-refractivity contribution in [1.82, 2.24) is 14.9 Å². The normalized spacial score (nSPS) is 15.2. The molecule has 0 N–H and O–H groups in total. The largest absolute Gasteiger partial charge is 0.440 e. The zero-order valence-electron chi connectivity index (χ0n) is 14.1. The van der Waals surface area contributed by atoms with E-state index in [1.54, 1.807) is 17.0 Å². The predicted molar refractivity (Wildman–Crippen MR) is 92.7 cm³/mol. The number of amides is 1. The Kier molecular flexibility index (Phi) is 4.76. The quantitative estimate of drug-likeness (QED) is 0.852. The van der Waals surface area contributed by atoms with Crippen molar-refractivity contribution in [3.05, 3.63) is 40.7 Å². The lowest BCUT2D eigenvalue weighted by Crippen LogP contribution is -2.49. The number of nitrogens with zero attached hydrogens (tertiary/aromatic N) is 4. The van der Waals surface area contributed by atoms with Crippen molar-refractivity contribution < 1.29 is 9.21 Å². The second-order valence-corrected chi connectivity index (χ2v) is 6.64. The smallest absolute Gasteiger partial charge is 0.289 e. The molecule has 2 aromatic rings. The number of hydrogen-bond donors (Lipinski definition) is 0. The van der Waals surface area contributed by atoms with Gasteiger partial charge in [-0.15, -0.1) is 0 Å². The molecule has 1 aliphatic rings. The summed E-state index contributed by atoms with van der Waals surface area (Å²) >= 11 is 5.74. The van der Waals surface area contributed by atoms with Gasteiger partial charge in [0.1, 0.15) is 11.6 Å². The molecule has 0 radical (unpaired) electrons. The molecular weight excluding hydrogens is 328 g/mol. The van der Waals surface area contributed by atoms with Crippen molar-refractivity contribution >= 4 is 23.3 Å². The summed E-state index contributed by atoms with van der Waals surface area (Å²) in [5, 5.41) is 0.231. The zero-order valence-corrected chi connectivity index (χ0v) is 14.9. The van der Waals surface area contributed by atoms with Gasteiger partial charge in [0.15, 0.2) is 11.0 Å². The molecule has 2 aromatic heterocycles. The fraction of sp³-hybridized carbons (Fsp3) is 0.471. The average Bonchev–Trinajstić information content (AvgIpc) is 3.00. The Hall–Kier alpha value is -2.08. The van der Waals surface area contributed by atoms with Crippen LogP contribution in [0.3, 0.4) is 0 Å². The van der Waals surface area contributed by atoms with E-state index in [2.05, 4.69) is 28.7 Å². The molecule has 0 unspecified atom stereocenters. The van der Waals surface area contributed by atoms with Crippen LogP contribution in [0.15, 0.2) is 22.6 Å². The van der Waals surface area contributed by atoms with Crippen LogP contribution in [-0.2, 0) is 0 Å². The van der Waals surface area contributed by atoms with Crippen LogP contribution < -0.4 is 4.90 Å². The number of aromatic nitrogens is 2. The Balaban J connectivity index is 1.68. The van der Waals surface area contributed by atoms with Gasteiger partial charge >= 0.3 is 0 Å². The molecule has 1 fully saturated rings. The second kappa shape index (κ2) is 6.81. The molecule has 0 aromatic carbocycles. The average molecular weight is 349 g/mol. The van der Waals surface area contributed by atoms with Crippen LogP contribution in [-0.4, -0.2) is 47.0 Å². The summed E-state index contributed by atoms with van der Waals surface area (Å²) in [5.41, 5.74) is 0.965. The number of anilines is 1. The van der Waals surface area contributed by atoms with E-state index in [-0.39, 0.29) is 22.8 Å². The lowest BCUT2D eigenvalue weighted by atomic mass is 10.2. The SMILES string of the molecule is Cc1cc(N2CCN(C(=O)c3ccc(Cl)o3)CC2)nc(C(C)C)n1.